The Balaban J connectivity index is 1.87. The third-order valence-corrected chi connectivity index (χ3v) is 6.38. The van der Waals surface area contributed by atoms with E-state index in [0.717, 1.165) is 15.6 Å². The van der Waals surface area contributed by atoms with Crippen LogP contribution in [0.1, 0.15) is 23.6 Å². The molecule has 3 aromatic carbocycles. The van der Waals surface area contributed by atoms with Gasteiger partial charge >= 0.3 is 0 Å². The fraction of sp³-hybridized carbons (Fsp3) is 0.154. The van der Waals surface area contributed by atoms with Gasteiger partial charge in [-0.2, -0.15) is 5.26 Å². The van der Waals surface area contributed by atoms with Crippen LogP contribution in [0.15, 0.2) is 69.1 Å². The molecule has 8 heteroatoms. The van der Waals surface area contributed by atoms with Gasteiger partial charge in [-0.05, 0) is 77.3 Å². The minimum Gasteiger partial charge on any atom is -0.490 e. The Kier molecular flexibility index (Phi) is 9.17. The number of ether oxygens (including phenoxy) is 2. The minimum absolute atomic E-state index is 0.0596. The lowest BCUT2D eigenvalue weighted by Gasteiger charge is -2.15. The van der Waals surface area contributed by atoms with Crippen molar-refractivity contribution in [1.29, 1.82) is 5.26 Å². The highest BCUT2D eigenvalue weighted by atomic mass is 79.9. The van der Waals surface area contributed by atoms with Crippen molar-refractivity contribution < 1.29 is 14.3 Å². The molecule has 3 rings (SSSR count). The molecule has 0 fully saturated rings. The van der Waals surface area contributed by atoms with Crippen molar-refractivity contribution >= 4 is 61.1 Å². The first-order valence-corrected chi connectivity index (χ1v) is 12.3. The summed E-state index contributed by atoms with van der Waals surface area (Å²) in [6, 6.07) is 18.4. The molecule has 0 atom stereocenters. The molecule has 0 bridgehead atoms. The summed E-state index contributed by atoms with van der Waals surface area (Å²) >= 11 is 13.1. The molecule has 1 N–H and O–H groups in total. The second-order valence-corrected chi connectivity index (χ2v) is 9.37. The van der Waals surface area contributed by atoms with Crippen LogP contribution < -0.4 is 14.8 Å². The highest BCUT2D eigenvalue weighted by Gasteiger charge is 2.16. The molecule has 0 unspecified atom stereocenters. The zero-order valence-electron chi connectivity index (χ0n) is 18.5. The van der Waals surface area contributed by atoms with Crippen LogP contribution in [0.25, 0.3) is 6.08 Å². The van der Waals surface area contributed by atoms with Crippen LogP contribution in [-0.2, 0) is 11.4 Å². The highest BCUT2D eigenvalue weighted by Crippen LogP contribution is 2.38. The number of nitrogens with zero attached hydrogens (tertiary/aromatic N) is 1. The first kappa shape index (κ1) is 25.8. The predicted molar refractivity (Wildman–Crippen MR) is 142 cm³/mol. The molecular weight excluding hydrogens is 584 g/mol. The quantitative estimate of drug-likeness (QED) is 0.211. The summed E-state index contributed by atoms with van der Waals surface area (Å²) in [5.74, 6) is 0.502. The van der Waals surface area contributed by atoms with Gasteiger partial charge in [0.2, 0.25) is 0 Å². The lowest BCUT2D eigenvalue weighted by Crippen LogP contribution is -2.14. The topological polar surface area (TPSA) is 71.3 Å². The van der Waals surface area contributed by atoms with Gasteiger partial charge in [-0.3, -0.25) is 4.79 Å². The van der Waals surface area contributed by atoms with E-state index >= 15 is 0 Å². The molecule has 0 heterocycles. The Labute approximate surface area is 220 Å². The van der Waals surface area contributed by atoms with Gasteiger partial charge in [0.15, 0.2) is 11.5 Å². The van der Waals surface area contributed by atoms with Crippen molar-refractivity contribution in [1.82, 2.24) is 0 Å². The van der Waals surface area contributed by atoms with Gasteiger partial charge in [0.05, 0.1) is 11.1 Å². The van der Waals surface area contributed by atoms with Gasteiger partial charge in [0.1, 0.15) is 18.2 Å². The number of amides is 1. The number of anilines is 1. The fourth-order valence-electron chi connectivity index (χ4n) is 3.07. The summed E-state index contributed by atoms with van der Waals surface area (Å²) in [4.78, 5) is 12.7. The van der Waals surface area contributed by atoms with Crippen LogP contribution in [0.3, 0.4) is 0 Å². The van der Waals surface area contributed by atoms with Gasteiger partial charge < -0.3 is 14.8 Å². The number of benzene rings is 3. The number of nitrogens with one attached hydrogen (secondary N) is 1. The fourth-order valence-corrected chi connectivity index (χ4v) is 4.22. The number of hydrogen-bond acceptors (Lipinski definition) is 4. The van der Waals surface area contributed by atoms with Gasteiger partial charge in [0, 0.05) is 20.7 Å². The van der Waals surface area contributed by atoms with Gasteiger partial charge in [-0.1, -0.05) is 51.8 Å². The van der Waals surface area contributed by atoms with Crippen LogP contribution in [0, 0.1) is 18.3 Å². The number of halogens is 3. The SMILES string of the molecule is CCOc1cc(/C=C(\C#N)C(=O)Nc2cc(Cl)ccc2C)cc(Br)c1OCc1ccccc1Br. The molecule has 0 aliphatic rings. The second kappa shape index (κ2) is 12.1. The van der Waals surface area contributed by atoms with Crippen LogP contribution in [0.5, 0.6) is 11.5 Å². The van der Waals surface area contributed by atoms with Crippen LogP contribution >= 0.6 is 43.5 Å². The van der Waals surface area contributed by atoms with Crippen molar-refractivity contribution in [3.63, 3.8) is 0 Å². The molecule has 3 aromatic rings. The third-order valence-electron chi connectivity index (χ3n) is 4.79. The van der Waals surface area contributed by atoms with Crippen molar-refractivity contribution in [2.45, 2.75) is 20.5 Å². The lowest BCUT2D eigenvalue weighted by atomic mass is 10.1. The number of carbonyl (C=O) groups excluding carboxylic acids is 1. The number of nitriles is 1. The van der Waals surface area contributed by atoms with E-state index < -0.39 is 5.91 Å². The van der Waals surface area contributed by atoms with Crippen LogP contribution in [0.4, 0.5) is 5.69 Å². The van der Waals surface area contributed by atoms with E-state index in [1.807, 2.05) is 44.2 Å². The van der Waals surface area contributed by atoms with E-state index in [1.165, 1.54) is 6.08 Å². The van der Waals surface area contributed by atoms with E-state index in [2.05, 4.69) is 37.2 Å². The first-order chi connectivity index (χ1) is 16.3. The Morgan fingerprint density at radius 3 is 2.59 bits per heavy atom. The number of hydrogen-bond donors (Lipinski definition) is 1. The average Bonchev–Trinajstić information content (AvgIpc) is 2.80. The number of rotatable bonds is 8. The molecule has 0 aliphatic heterocycles. The molecule has 1 amide bonds. The molecule has 0 aromatic heterocycles. The number of carbonyl (C=O) groups is 1. The normalized spacial score (nSPS) is 11.0. The summed E-state index contributed by atoms with van der Waals surface area (Å²) in [6.07, 6.45) is 1.50. The monoisotopic (exact) mass is 602 g/mol. The Morgan fingerprint density at radius 1 is 1.12 bits per heavy atom. The Morgan fingerprint density at radius 2 is 1.88 bits per heavy atom. The number of aryl methyl sites for hydroxylation is 1. The molecule has 0 spiro atoms. The largest absolute Gasteiger partial charge is 0.490 e. The van der Waals surface area contributed by atoms with E-state index in [4.69, 9.17) is 21.1 Å². The summed E-state index contributed by atoms with van der Waals surface area (Å²) in [5, 5.41) is 12.9. The summed E-state index contributed by atoms with van der Waals surface area (Å²) in [5.41, 5.74) is 2.92. The Hall–Kier alpha value is -2.79. The van der Waals surface area contributed by atoms with Crippen molar-refractivity contribution in [2.75, 3.05) is 11.9 Å². The molecule has 0 aliphatic carbocycles. The third kappa shape index (κ3) is 6.63. The molecule has 0 saturated carbocycles. The minimum atomic E-state index is -0.531. The standard InChI is InChI=1S/C26H21Br2ClN2O3/c1-3-33-24-12-17(11-22(28)25(24)34-15-18-6-4-5-7-21(18)27)10-19(14-30)26(32)31-23-13-20(29)9-8-16(23)2/h4-13H,3,15H2,1-2H3,(H,31,32)/b19-10+. The van der Waals surface area contributed by atoms with Crippen LogP contribution in [-0.4, -0.2) is 12.5 Å². The molecule has 174 valence electrons. The zero-order chi connectivity index (χ0) is 24.7. The molecule has 0 radical (unpaired) electrons. The van der Waals surface area contributed by atoms with E-state index in [9.17, 15) is 10.1 Å². The zero-order valence-corrected chi connectivity index (χ0v) is 22.4. The first-order valence-electron chi connectivity index (χ1n) is 10.3. The van der Waals surface area contributed by atoms with Gasteiger partial charge in [-0.15, -0.1) is 0 Å². The highest BCUT2D eigenvalue weighted by molar-refractivity contribution is 9.10. The van der Waals surface area contributed by atoms with Crippen LogP contribution in [0.2, 0.25) is 5.02 Å². The lowest BCUT2D eigenvalue weighted by molar-refractivity contribution is -0.112. The van der Waals surface area contributed by atoms with Gasteiger partial charge in [0.25, 0.3) is 5.91 Å². The molecule has 0 saturated heterocycles. The maximum Gasteiger partial charge on any atom is 0.266 e. The molecule has 34 heavy (non-hydrogen) atoms. The van der Waals surface area contributed by atoms with Gasteiger partial charge in [-0.25, -0.2) is 0 Å². The molecule has 5 nitrogen and oxygen atoms in total. The van der Waals surface area contributed by atoms with Crippen molar-refractivity contribution in [3.8, 4) is 17.6 Å². The average molecular weight is 605 g/mol. The Bertz CT molecular complexity index is 1290. The smallest absolute Gasteiger partial charge is 0.266 e. The summed E-state index contributed by atoms with van der Waals surface area (Å²) in [6.45, 7) is 4.47. The van der Waals surface area contributed by atoms with E-state index in [0.29, 0.717) is 45.5 Å². The predicted octanol–water partition coefficient (Wildman–Crippen LogP) is 7.70. The summed E-state index contributed by atoms with van der Waals surface area (Å²) < 4.78 is 13.4. The molecular formula is C26H21Br2ClN2O3. The second-order valence-electron chi connectivity index (χ2n) is 7.23. The maximum atomic E-state index is 12.7. The maximum absolute atomic E-state index is 12.7. The van der Waals surface area contributed by atoms with Crippen molar-refractivity contribution in [3.05, 3.63) is 90.8 Å². The van der Waals surface area contributed by atoms with E-state index in [-0.39, 0.29) is 5.57 Å². The van der Waals surface area contributed by atoms with E-state index in [1.54, 1.807) is 30.3 Å². The van der Waals surface area contributed by atoms with Crippen molar-refractivity contribution in [2.24, 2.45) is 0 Å². The summed E-state index contributed by atoms with van der Waals surface area (Å²) in [7, 11) is 0.